The molecular formula is C26H25ClN2O6. The lowest BCUT2D eigenvalue weighted by atomic mass is 10.2. The first-order chi connectivity index (χ1) is 16.9. The number of nitrogens with one attached hydrogen (secondary N) is 1. The number of hydrazone groups is 1. The Morgan fingerprint density at radius 1 is 1.03 bits per heavy atom. The van der Waals surface area contributed by atoms with E-state index in [1.165, 1.54) is 6.21 Å². The second-order valence-corrected chi connectivity index (χ2v) is 7.65. The summed E-state index contributed by atoms with van der Waals surface area (Å²) in [4.78, 5) is 24.8. The maximum atomic E-state index is 12.5. The van der Waals surface area contributed by atoms with Crippen LogP contribution in [0.1, 0.15) is 29.8 Å². The highest BCUT2D eigenvalue weighted by Gasteiger charge is 2.15. The number of carbonyl (C=O) groups is 2. The third-order valence-electron chi connectivity index (χ3n) is 4.66. The predicted molar refractivity (Wildman–Crippen MR) is 133 cm³/mol. The van der Waals surface area contributed by atoms with E-state index in [0.29, 0.717) is 40.0 Å². The zero-order valence-corrected chi connectivity index (χ0v) is 20.2. The van der Waals surface area contributed by atoms with Crippen LogP contribution in [0.4, 0.5) is 0 Å². The van der Waals surface area contributed by atoms with E-state index in [1.807, 2.05) is 6.92 Å². The van der Waals surface area contributed by atoms with Gasteiger partial charge >= 0.3 is 5.97 Å². The van der Waals surface area contributed by atoms with Gasteiger partial charge in [-0.3, -0.25) is 4.79 Å². The molecule has 0 saturated carbocycles. The molecule has 1 N–H and O–H groups in total. The highest BCUT2D eigenvalue weighted by Crippen LogP contribution is 2.29. The van der Waals surface area contributed by atoms with Crippen molar-refractivity contribution in [1.29, 1.82) is 0 Å². The summed E-state index contributed by atoms with van der Waals surface area (Å²) < 4.78 is 21.8. The van der Waals surface area contributed by atoms with Crippen LogP contribution >= 0.6 is 11.6 Å². The summed E-state index contributed by atoms with van der Waals surface area (Å²) in [6.07, 6.45) is 0.658. The smallest absolute Gasteiger partial charge is 0.343 e. The summed E-state index contributed by atoms with van der Waals surface area (Å²) >= 11 is 5.93. The molecule has 0 aliphatic carbocycles. The molecule has 9 heteroatoms. The quantitative estimate of drug-likeness (QED) is 0.186. The van der Waals surface area contributed by atoms with Crippen molar-refractivity contribution in [2.45, 2.75) is 20.0 Å². The van der Waals surface area contributed by atoms with Crippen LogP contribution in [0.5, 0.6) is 23.0 Å². The van der Waals surface area contributed by atoms with Crippen LogP contribution < -0.4 is 24.4 Å². The Balaban J connectivity index is 1.62. The molecule has 1 unspecified atom stereocenters. The Bertz CT molecular complexity index is 1200. The van der Waals surface area contributed by atoms with Gasteiger partial charge in [-0.2, -0.15) is 5.10 Å². The minimum absolute atomic E-state index is 0.261. The van der Waals surface area contributed by atoms with E-state index in [0.717, 1.165) is 0 Å². The fourth-order valence-electron chi connectivity index (χ4n) is 2.90. The maximum absolute atomic E-state index is 12.5. The molecule has 0 fully saturated rings. The first-order valence-corrected chi connectivity index (χ1v) is 11.2. The molecular weight excluding hydrogens is 472 g/mol. The molecule has 0 spiro atoms. The Morgan fingerprint density at radius 2 is 1.80 bits per heavy atom. The van der Waals surface area contributed by atoms with Crippen LogP contribution in [-0.2, 0) is 4.79 Å². The largest absolute Gasteiger partial charge is 0.497 e. The van der Waals surface area contributed by atoms with Gasteiger partial charge in [0.2, 0.25) is 0 Å². The maximum Gasteiger partial charge on any atom is 0.343 e. The molecule has 0 aliphatic rings. The van der Waals surface area contributed by atoms with Crippen molar-refractivity contribution >= 4 is 29.7 Å². The van der Waals surface area contributed by atoms with Crippen molar-refractivity contribution in [2.75, 3.05) is 13.7 Å². The standard InChI is InChI=1S/C26H25ClN2O6/c1-4-33-24-14-18(8-13-23(24)35-26(31)19-9-11-21(32-3)12-10-19)16-28-29-25(30)17(2)34-22-7-5-6-20(27)15-22/h5-17H,4H2,1-3H3,(H,29,30). The van der Waals surface area contributed by atoms with E-state index in [-0.39, 0.29) is 5.75 Å². The van der Waals surface area contributed by atoms with Gasteiger partial charge in [-0.25, -0.2) is 10.2 Å². The summed E-state index contributed by atoms with van der Waals surface area (Å²) in [6, 6.07) is 18.3. The molecule has 35 heavy (non-hydrogen) atoms. The minimum atomic E-state index is -0.788. The molecule has 0 heterocycles. The Kier molecular flexibility index (Phi) is 9.09. The molecule has 3 aromatic carbocycles. The molecule has 3 aromatic rings. The average molecular weight is 497 g/mol. The predicted octanol–water partition coefficient (Wildman–Crippen LogP) is 4.88. The molecule has 1 amide bonds. The Hall–Kier alpha value is -4.04. The van der Waals surface area contributed by atoms with Crippen molar-refractivity contribution in [1.82, 2.24) is 5.43 Å². The number of methoxy groups -OCH3 is 1. The van der Waals surface area contributed by atoms with Gasteiger partial charge in [-0.1, -0.05) is 17.7 Å². The molecule has 3 rings (SSSR count). The minimum Gasteiger partial charge on any atom is -0.497 e. The first-order valence-electron chi connectivity index (χ1n) is 10.8. The van der Waals surface area contributed by atoms with Crippen molar-refractivity contribution in [2.24, 2.45) is 5.10 Å². The molecule has 0 aliphatic heterocycles. The number of rotatable bonds is 10. The third-order valence-corrected chi connectivity index (χ3v) is 4.90. The lowest BCUT2D eigenvalue weighted by molar-refractivity contribution is -0.127. The zero-order valence-electron chi connectivity index (χ0n) is 19.5. The van der Waals surface area contributed by atoms with Crippen molar-refractivity contribution in [3.05, 3.63) is 82.9 Å². The number of halogens is 1. The molecule has 1 atom stereocenters. The van der Waals surface area contributed by atoms with E-state index in [4.69, 9.17) is 30.5 Å². The number of hydrogen-bond acceptors (Lipinski definition) is 7. The number of carbonyl (C=O) groups excluding carboxylic acids is 2. The number of ether oxygens (including phenoxy) is 4. The van der Waals surface area contributed by atoms with Crippen LogP contribution in [0.25, 0.3) is 0 Å². The van der Waals surface area contributed by atoms with E-state index in [1.54, 1.807) is 80.8 Å². The SMILES string of the molecule is CCOc1cc(C=NNC(=O)C(C)Oc2cccc(Cl)c2)ccc1OC(=O)c1ccc(OC)cc1. The zero-order chi connectivity index (χ0) is 25.2. The van der Waals surface area contributed by atoms with E-state index in [2.05, 4.69) is 10.5 Å². The van der Waals surface area contributed by atoms with Crippen molar-refractivity contribution < 1.29 is 28.5 Å². The van der Waals surface area contributed by atoms with Gasteiger partial charge in [0.1, 0.15) is 11.5 Å². The number of esters is 1. The van der Waals surface area contributed by atoms with E-state index < -0.39 is 18.0 Å². The van der Waals surface area contributed by atoms with Crippen LogP contribution in [0, 0.1) is 0 Å². The van der Waals surface area contributed by atoms with Gasteiger partial charge in [-0.05, 0) is 80.1 Å². The summed E-state index contributed by atoms with van der Waals surface area (Å²) in [5, 5.41) is 4.48. The highest BCUT2D eigenvalue weighted by molar-refractivity contribution is 6.30. The summed E-state index contributed by atoms with van der Waals surface area (Å²) in [6.45, 7) is 3.78. The van der Waals surface area contributed by atoms with Crippen LogP contribution in [0.2, 0.25) is 5.02 Å². The average Bonchev–Trinajstić information content (AvgIpc) is 2.85. The molecule has 0 aromatic heterocycles. The number of nitrogens with zero attached hydrogens (tertiary/aromatic N) is 1. The van der Waals surface area contributed by atoms with Gasteiger partial charge in [0, 0.05) is 5.02 Å². The molecule has 8 nitrogen and oxygen atoms in total. The molecule has 0 saturated heterocycles. The summed E-state index contributed by atoms with van der Waals surface area (Å²) in [7, 11) is 1.55. The first kappa shape index (κ1) is 25.6. The fourth-order valence-corrected chi connectivity index (χ4v) is 3.08. The second kappa shape index (κ2) is 12.4. The van der Waals surface area contributed by atoms with Crippen molar-refractivity contribution in [3.63, 3.8) is 0 Å². The van der Waals surface area contributed by atoms with Crippen LogP contribution in [0.15, 0.2) is 71.8 Å². The fraction of sp³-hybridized carbons (Fsp3) is 0.192. The molecule has 0 bridgehead atoms. The van der Waals surface area contributed by atoms with E-state index in [9.17, 15) is 9.59 Å². The van der Waals surface area contributed by atoms with Crippen LogP contribution in [-0.4, -0.2) is 37.9 Å². The van der Waals surface area contributed by atoms with E-state index >= 15 is 0 Å². The third kappa shape index (κ3) is 7.48. The Labute approximate surface area is 208 Å². The summed E-state index contributed by atoms with van der Waals surface area (Å²) in [5.41, 5.74) is 3.43. The number of hydrogen-bond donors (Lipinski definition) is 1. The lowest BCUT2D eigenvalue weighted by Crippen LogP contribution is -2.33. The molecule has 182 valence electrons. The number of benzene rings is 3. The van der Waals surface area contributed by atoms with Crippen molar-refractivity contribution in [3.8, 4) is 23.0 Å². The van der Waals surface area contributed by atoms with Gasteiger partial charge in [0.05, 0.1) is 25.5 Å². The number of amides is 1. The Morgan fingerprint density at radius 3 is 2.49 bits per heavy atom. The van der Waals surface area contributed by atoms with Gasteiger partial charge in [0.15, 0.2) is 17.6 Å². The summed E-state index contributed by atoms with van der Waals surface area (Å²) in [5.74, 6) is 0.773. The topological polar surface area (TPSA) is 95.5 Å². The lowest BCUT2D eigenvalue weighted by Gasteiger charge is -2.13. The second-order valence-electron chi connectivity index (χ2n) is 7.21. The van der Waals surface area contributed by atoms with Gasteiger partial charge < -0.3 is 18.9 Å². The molecule has 0 radical (unpaired) electrons. The normalized spacial score (nSPS) is 11.5. The van der Waals surface area contributed by atoms with Gasteiger partial charge in [-0.15, -0.1) is 0 Å². The highest BCUT2D eigenvalue weighted by atomic mass is 35.5. The monoisotopic (exact) mass is 496 g/mol. The van der Waals surface area contributed by atoms with Crippen LogP contribution in [0.3, 0.4) is 0 Å². The van der Waals surface area contributed by atoms with Gasteiger partial charge in [0.25, 0.3) is 5.91 Å².